The highest BCUT2D eigenvalue weighted by Crippen LogP contribution is 2.52. The van der Waals surface area contributed by atoms with Gasteiger partial charge in [0.15, 0.2) is 11.4 Å². The minimum atomic E-state index is -4.45. The van der Waals surface area contributed by atoms with E-state index < -0.39 is 11.7 Å². The fourth-order valence-corrected chi connectivity index (χ4v) is 4.55. The van der Waals surface area contributed by atoms with Crippen LogP contribution in [-0.4, -0.2) is 29.8 Å². The number of thiazole rings is 1. The number of ether oxygens (including phenoxy) is 1. The highest BCUT2D eigenvalue weighted by molar-refractivity contribution is 7.13. The molecular formula is C20H18F3N2O2S+. The molecule has 3 aromatic rings. The lowest BCUT2D eigenvalue weighted by atomic mass is 10.0. The van der Waals surface area contributed by atoms with Gasteiger partial charge in [-0.2, -0.15) is 22.6 Å². The van der Waals surface area contributed by atoms with E-state index in [-0.39, 0.29) is 17.5 Å². The zero-order valence-corrected chi connectivity index (χ0v) is 15.6. The van der Waals surface area contributed by atoms with Gasteiger partial charge < -0.3 is 9.84 Å². The molecule has 1 unspecified atom stereocenters. The maximum Gasteiger partial charge on any atom is 0.416 e. The van der Waals surface area contributed by atoms with Crippen molar-refractivity contribution in [2.24, 2.45) is 0 Å². The molecule has 0 radical (unpaired) electrons. The van der Waals surface area contributed by atoms with Crippen LogP contribution in [0.15, 0.2) is 54.0 Å². The fraction of sp³-hybridized carbons (Fsp3) is 0.250. The standard InChI is InChI=1S/C20H18F3N2O2S/c21-20(22,23)15-5-6-16(14(13-15)7-10-26)25(19-24-8-12-28-19)9-11-27-18-4-2-1-3-17(18)25/h1-6,8,12-13,26H,7,9-11H2/q+1. The molecule has 2 heterocycles. The number of quaternary nitrogens is 1. The summed E-state index contributed by atoms with van der Waals surface area (Å²) in [4.78, 5) is 4.51. The van der Waals surface area contributed by atoms with Gasteiger partial charge in [0.2, 0.25) is 0 Å². The lowest BCUT2D eigenvalue weighted by Gasteiger charge is -2.39. The van der Waals surface area contributed by atoms with Crippen LogP contribution in [-0.2, 0) is 12.6 Å². The van der Waals surface area contributed by atoms with Crippen LogP contribution in [0.3, 0.4) is 0 Å². The van der Waals surface area contributed by atoms with Crippen LogP contribution in [0.4, 0.5) is 29.7 Å². The van der Waals surface area contributed by atoms with E-state index in [1.165, 1.54) is 17.4 Å². The SMILES string of the molecule is OCCc1cc(C(F)(F)F)ccc1[N+]1(c2nccs2)CCOc2ccccc21. The lowest BCUT2D eigenvalue weighted by molar-refractivity contribution is -0.137. The second-order valence-electron chi connectivity index (χ2n) is 6.48. The van der Waals surface area contributed by atoms with Gasteiger partial charge in [0.1, 0.15) is 18.8 Å². The van der Waals surface area contributed by atoms with Crippen molar-refractivity contribution in [3.05, 3.63) is 65.2 Å². The Morgan fingerprint density at radius 3 is 2.68 bits per heavy atom. The van der Waals surface area contributed by atoms with Crippen molar-refractivity contribution in [1.29, 1.82) is 0 Å². The van der Waals surface area contributed by atoms with Crippen LogP contribution in [0, 0.1) is 0 Å². The van der Waals surface area contributed by atoms with Gasteiger partial charge in [-0.3, -0.25) is 0 Å². The zero-order chi connectivity index (χ0) is 19.8. The third-order valence-corrected chi connectivity index (χ3v) is 5.79. The molecule has 0 amide bonds. The summed E-state index contributed by atoms with van der Waals surface area (Å²) in [5.41, 5.74) is 1.22. The molecule has 146 valence electrons. The third-order valence-electron chi connectivity index (χ3n) is 4.91. The molecule has 1 atom stereocenters. The van der Waals surface area contributed by atoms with Crippen molar-refractivity contribution in [2.45, 2.75) is 12.6 Å². The number of hydrogen-bond donors (Lipinski definition) is 1. The molecule has 1 aliphatic heterocycles. The number of benzene rings is 2. The number of aliphatic hydroxyl groups excluding tert-OH is 1. The summed E-state index contributed by atoms with van der Waals surface area (Å²) < 4.78 is 45.9. The van der Waals surface area contributed by atoms with Crippen LogP contribution in [0.25, 0.3) is 0 Å². The zero-order valence-electron chi connectivity index (χ0n) is 14.8. The average Bonchev–Trinajstić information content (AvgIpc) is 3.22. The van der Waals surface area contributed by atoms with E-state index in [0.717, 1.165) is 23.0 Å². The Balaban J connectivity index is 2.01. The number of fused-ring (bicyclic) bond motifs is 1. The number of rotatable bonds is 4. The molecule has 28 heavy (non-hydrogen) atoms. The first kappa shape index (κ1) is 18.9. The molecule has 8 heteroatoms. The van der Waals surface area contributed by atoms with E-state index >= 15 is 0 Å². The van der Waals surface area contributed by atoms with Crippen molar-refractivity contribution < 1.29 is 23.0 Å². The Labute approximate surface area is 164 Å². The van der Waals surface area contributed by atoms with Crippen LogP contribution in [0.1, 0.15) is 11.1 Å². The van der Waals surface area contributed by atoms with Gasteiger partial charge in [-0.25, -0.2) is 0 Å². The molecular weight excluding hydrogens is 389 g/mol. The number of para-hydroxylation sites is 2. The first-order valence-electron chi connectivity index (χ1n) is 8.79. The second kappa shape index (κ2) is 7.20. The topological polar surface area (TPSA) is 42.4 Å². The van der Waals surface area contributed by atoms with E-state index in [0.29, 0.717) is 30.2 Å². The van der Waals surface area contributed by atoms with Crippen molar-refractivity contribution in [1.82, 2.24) is 9.47 Å². The van der Waals surface area contributed by atoms with Gasteiger partial charge in [-0.05, 0) is 18.2 Å². The Morgan fingerprint density at radius 2 is 1.96 bits per heavy atom. The summed E-state index contributed by atoms with van der Waals surface area (Å²) in [7, 11) is 0. The van der Waals surface area contributed by atoms with Gasteiger partial charge in [0, 0.05) is 42.3 Å². The molecule has 4 rings (SSSR count). The van der Waals surface area contributed by atoms with E-state index in [1.54, 1.807) is 6.20 Å². The summed E-state index contributed by atoms with van der Waals surface area (Å²) in [6.45, 7) is 0.648. The van der Waals surface area contributed by atoms with Gasteiger partial charge in [0.25, 0.3) is 5.13 Å². The Bertz CT molecular complexity index is 976. The number of halogens is 3. The molecule has 0 saturated heterocycles. The van der Waals surface area contributed by atoms with Crippen molar-refractivity contribution in [3.63, 3.8) is 0 Å². The molecule has 4 nitrogen and oxygen atoms in total. The number of hydrogen-bond acceptors (Lipinski definition) is 4. The minimum Gasteiger partial charge on any atom is -0.481 e. The molecule has 1 aromatic heterocycles. The predicted octanol–water partition coefficient (Wildman–Crippen LogP) is 5.06. The van der Waals surface area contributed by atoms with Crippen LogP contribution >= 0.6 is 11.3 Å². The van der Waals surface area contributed by atoms with Gasteiger partial charge in [-0.15, -0.1) is 0 Å². The first-order chi connectivity index (χ1) is 13.5. The lowest BCUT2D eigenvalue weighted by Crippen LogP contribution is -2.46. The average molecular weight is 407 g/mol. The maximum atomic E-state index is 13.3. The number of aromatic nitrogens is 1. The minimum absolute atomic E-state index is 0.119. The highest BCUT2D eigenvalue weighted by atomic mass is 32.1. The van der Waals surface area contributed by atoms with E-state index in [4.69, 9.17) is 4.74 Å². The summed E-state index contributed by atoms with van der Waals surface area (Å²) in [6, 6.07) is 11.3. The Hall–Kier alpha value is -2.42. The fourth-order valence-electron chi connectivity index (χ4n) is 3.72. The van der Waals surface area contributed by atoms with Crippen molar-refractivity contribution in [3.8, 4) is 5.75 Å². The molecule has 0 spiro atoms. The Kier molecular flexibility index (Phi) is 4.86. The predicted molar refractivity (Wildman–Crippen MR) is 102 cm³/mol. The van der Waals surface area contributed by atoms with E-state index in [2.05, 4.69) is 4.98 Å². The van der Waals surface area contributed by atoms with Crippen LogP contribution in [0.5, 0.6) is 5.75 Å². The molecule has 0 fully saturated rings. The molecule has 1 aliphatic rings. The Morgan fingerprint density at radius 1 is 1.14 bits per heavy atom. The number of alkyl halides is 3. The number of aliphatic hydroxyl groups is 1. The largest absolute Gasteiger partial charge is 0.481 e. The molecule has 2 aromatic carbocycles. The molecule has 1 N–H and O–H groups in total. The monoisotopic (exact) mass is 407 g/mol. The van der Waals surface area contributed by atoms with Crippen molar-refractivity contribution in [2.75, 3.05) is 19.8 Å². The van der Waals surface area contributed by atoms with Crippen molar-refractivity contribution >= 4 is 27.8 Å². The number of nitrogens with zero attached hydrogens (tertiary/aromatic N) is 2. The van der Waals surface area contributed by atoms with E-state index in [1.807, 2.05) is 29.6 Å². The first-order valence-corrected chi connectivity index (χ1v) is 9.67. The quantitative estimate of drug-likeness (QED) is 0.615. The maximum absolute atomic E-state index is 13.3. The summed E-state index contributed by atoms with van der Waals surface area (Å²) in [5.74, 6) is 0.679. The van der Waals surface area contributed by atoms with Gasteiger partial charge >= 0.3 is 6.18 Å². The summed E-state index contributed by atoms with van der Waals surface area (Å²) in [5, 5.41) is 12.1. The third kappa shape index (κ3) is 3.07. The molecule has 0 aliphatic carbocycles. The van der Waals surface area contributed by atoms with Crippen LogP contribution < -0.4 is 9.22 Å². The molecule has 0 saturated carbocycles. The smallest absolute Gasteiger partial charge is 0.416 e. The normalized spacial score (nSPS) is 19.1. The summed E-state index contributed by atoms with van der Waals surface area (Å²) >= 11 is 1.44. The summed E-state index contributed by atoms with van der Waals surface area (Å²) in [6.07, 6.45) is -2.64. The van der Waals surface area contributed by atoms with Crippen LogP contribution in [0.2, 0.25) is 0 Å². The molecule has 0 bridgehead atoms. The van der Waals surface area contributed by atoms with Gasteiger partial charge in [0.05, 0.1) is 5.56 Å². The van der Waals surface area contributed by atoms with E-state index in [9.17, 15) is 18.3 Å². The highest BCUT2D eigenvalue weighted by Gasteiger charge is 2.45. The second-order valence-corrected chi connectivity index (χ2v) is 7.35. The van der Waals surface area contributed by atoms with Gasteiger partial charge in [-0.1, -0.05) is 23.5 Å².